The van der Waals surface area contributed by atoms with Crippen molar-refractivity contribution < 1.29 is 14.3 Å². The summed E-state index contributed by atoms with van der Waals surface area (Å²) < 4.78 is 13.4. The normalized spacial score (nSPS) is 13.3. The fourth-order valence-corrected chi connectivity index (χ4v) is 1.46. The van der Waals surface area contributed by atoms with Gasteiger partial charge in [-0.1, -0.05) is 18.2 Å². The predicted molar refractivity (Wildman–Crippen MR) is 67.2 cm³/mol. The smallest absolute Gasteiger partial charge is 0.224 e. The lowest BCUT2D eigenvalue weighted by Crippen LogP contribution is -2.41. The van der Waals surface area contributed by atoms with E-state index in [1.807, 2.05) is 0 Å². The van der Waals surface area contributed by atoms with Gasteiger partial charge in [0.15, 0.2) is 0 Å². The van der Waals surface area contributed by atoms with Crippen LogP contribution in [0.25, 0.3) is 0 Å². The van der Waals surface area contributed by atoms with Gasteiger partial charge >= 0.3 is 0 Å². The Morgan fingerprint density at radius 2 is 2.11 bits per heavy atom. The average molecular weight is 254 g/mol. The highest BCUT2D eigenvalue weighted by atomic mass is 19.1. The molecule has 0 aliphatic carbocycles. The van der Waals surface area contributed by atoms with E-state index in [9.17, 15) is 14.3 Å². The van der Waals surface area contributed by atoms with Gasteiger partial charge in [-0.15, -0.1) is 0 Å². The largest absolute Gasteiger partial charge is 0.387 e. The Hall–Kier alpha value is -1.46. The number of hydrogen-bond acceptors (Lipinski definition) is 3. The van der Waals surface area contributed by atoms with Gasteiger partial charge in [0.1, 0.15) is 5.82 Å². The van der Waals surface area contributed by atoms with E-state index in [1.54, 1.807) is 26.0 Å². The quantitative estimate of drug-likeness (QED) is 0.707. The van der Waals surface area contributed by atoms with Gasteiger partial charge in [-0.25, -0.2) is 4.39 Å². The van der Waals surface area contributed by atoms with E-state index in [4.69, 9.17) is 5.73 Å². The standard InChI is InChI=1S/C13H19FN2O2/c1-13(2,12(15)18)8-16-7-11(17)9-5-3-4-6-10(9)14/h3-6,11,16-17H,7-8H2,1-2H3,(H2,15,18). The Bertz CT molecular complexity index is 421. The molecule has 0 spiro atoms. The summed E-state index contributed by atoms with van der Waals surface area (Å²) in [4.78, 5) is 11.1. The number of amides is 1. The van der Waals surface area contributed by atoms with Crippen molar-refractivity contribution in [3.8, 4) is 0 Å². The molecule has 1 aromatic carbocycles. The van der Waals surface area contributed by atoms with Crippen molar-refractivity contribution in [3.63, 3.8) is 0 Å². The second kappa shape index (κ2) is 5.93. The number of aliphatic hydroxyl groups excluding tert-OH is 1. The van der Waals surface area contributed by atoms with Crippen LogP contribution >= 0.6 is 0 Å². The molecular formula is C13H19FN2O2. The minimum Gasteiger partial charge on any atom is -0.387 e. The summed E-state index contributed by atoms with van der Waals surface area (Å²) in [5.41, 5.74) is 4.76. The summed E-state index contributed by atoms with van der Waals surface area (Å²) in [6, 6.07) is 6.05. The predicted octanol–water partition coefficient (Wildman–Crippen LogP) is 0.960. The van der Waals surface area contributed by atoms with Gasteiger partial charge in [-0.3, -0.25) is 4.79 Å². The maximum atomic E-state index is 13.4. The van der Waals surface area contributed by atoms with Crippen LogP contribution in [0.15, 0.2) is 24.3 Å². The maximum Gasteiger partial charge on any atom is 0.224 e. The van der Waals surface area contributed by atoms with Crippen molar-refractivity contribution in [2.45, 2.75) is 20.0 Å². The van der Waals surface area contributed by atoms with Crippen molar-refractivity contribution >= 4 is 5.91 Å². The summed E-state index contributed by atoms with van der Waals surface area (Å²) in [5.74, 6) is -0.864. The van der Waals surface area contributed by atoms with Crippen LogP contribution in [0.3, 0.4) is 0 Å². The molecular weight excluding hydrogens is 235 g/mol. The number of hydrogen-bond donors (Lipinski definition) is 3. The van der Waals surface area contributed by atoms with Gasteiger partial charge in [0.25, 0.3) is 0 Å². The molecule has 1 unspecified atom stereocenters. The Labute approximate surface area is 106 Å². The van der Waals surface area contributed by atoms with E-state index in [0.29, 0.717) is 6.54 Å². The van der Waals surface area contributed by atoms with Gasteiger partial charge < -0.3 is 16.2 Å². The molecule has 0 aliphatic heterocycles. The molecule has 0 saturated carbocycles. The second-order valence-electron chi connectivity index (χ2n) is 4.92. The Morgan fingerprint density at radius 3 is 2.67 bits per heavy atom. The maximum absolute atomic E-state index is 13.4. The summed E-state index contributed by atoms with van der Waals surface area (Å²) in [6.45, 7) is 3.90. The molecule has 0 aromatic heterocycles. The first kappa shape index (κ1) is 14.6. The van der Waals surface area contributed by atoms with E-state index >= 15 is 0 Å². The van der Waals surface area contributed by atoms with Crippen molar-refractivity contribution in [3.05, 3.63) is 35.6 Å². The highest BCUT2D eigenvalue weighted by Gasteiger charge is 2.24. The molecule has 1 amide bonds. The highest BCUT2D eigenvalue weighted by Crippen LogP contribution is 2.17. The molecule has 0 heterocycles. The summed E-state index contributed by atoms with van der Waals surface area (Å²) >= 11 is 0. The first-order valence-electron chi connectivity index (χ1n) is 5.77. The lowest BCUT2D eigenvalue weighted by atomic mass is 9.92. The van der Waals surface area contributed by atoms with Gasteiger partial charge in [-0.05, 0) is 19.9 Å². The van der Waals surface area contributed by atoms with Gasteiger partial charge in [0.2, 0.25) is 5.91 Å². The second-order valence-corrected chi connectivity index (χ2v) is 4.92. The first-order chi connectivity index (χ1) is 8.34. The zero-order valence-electron chi connectivity index (χ0n) is 10.6. The molecule has 1 atom stereocenters. The molecule has 18 heavy (non-hydrogen) atoms. The summed E-state index contributed by atoms with van der Waals surface area (Å²) in [6.07, 6.45) is -0.949. The van der Waals surface area contributed by atoms with Crippen molar-refractivity contribution in [2.75, 3.05) is 13.1 Å². The summed E-state index contributed by atoms with van der Waals surface area (Å²) in [7, 11) is 0. The molecule has 1 aromatic rings. The molecule has 100 valence electrons. The summed E-state index contributed by atoms with van der Waals surface area (Å²) in [5, 5.41) is 12.7. The Balaban J connectivity index is 2.50. The lowest BCUT2D eigenvalue weighted by molar-refractivity contribution is -0.125. The van der Waals surface area contributed by atoms with Crippen LogP contribution in [-0.2, 0) is 4.79 Å². The molecule has 0 bridgehead atoms. The van der Waals surface area contributed by atoms with E-state index in [1.165, 1.54) is 12.1 Å². The molecule has 4 nitrogen and oxygen atoms in total. The molecule has 5 heteroatoms. The van der Waals surface area contributed by atoms with Crippen LogP contribution in [0.1, 0.15) is 25.5 Å². The van der Waals surface area contributed by atoms with E-state index < -0.39 is 23.2 Å². The third-order valence-corrected chi connectivity index (χ3v) is 2.84. The number of nitrogens with two attached hydrogens (primary N) is 1. The minimum atomic E-state index is -0.949. The SMILES string of the molecule is CC(C)(CNCC(O)c1ccccc1F)C(N)=O. The number of carbonyl (C=O) groups is 1. The third kappa shape index (κ3) is 3.78. The van der Waals surface area contributed by atoms with Crippen LogP contribution in [-0.4, -0.2) is 24.1 Å². The zero-order valence-corrected chi connectivity index (χ0v) is 10.6. The number of rotatable bonds is 6. The highest BCUT2D eigenvalue weighted by molar-refractivity contribution is 5.80. The van der Waals surface area contributed by atoms with Crippen LogP contribution in [0.4, 0.5) is 4.39 Å². The minimum absolute atomic E-state index is 0.164. The lowest BCUT2D eigenvalue weighted by Gasteiger charge is -2.22. The zero-order chi connectivity index (χ0) is 13.8. The Kier molecular flexibility index (Phi) is 4.81. The number of aliphatic hydroxyl groups is 1. The fraction of sp³-hybridized carbons (Fsp3) is 0.462. The molecule has 0 aliphatic rings. The van der Waals surface area contributed by atoms with Crippen LogP contribution in [0.5, 0.6) is 0 Å². The third-order valence-electron chi connectivity index (χ3n) is 2.84. The first-order valence-corrected chi connectivity index (χ1v) is 5.77. The van der Waals surface area contributed by atoms with Gasteiger partial charge in [0, 0.05) is 18.7 Å². The van der Waals surface area contributed by atoms with Crippen molar-refractivity contribution in [2.24, 2.45) is 11.1 Å². The van der Waals surface area contributed by atoms with E-state index in [-0.39, 0.29) is 12.1 Å². The number of nitrogens with one attached hydrogen (secondary N) is 1. The number of benzene rings is 1. The van der Waals surface area contributed by atoms with Crippen LogP contribution in [0.2, 0.25) is 0 Å². The van der Waals surface area contributed by atoms with Crippen molar-refractivity contribution in [1.82, 2.24) is 5.32 Å². The molecule has 1 rings (SSSR count). The van der Waals surface area contributed by atoms with Gasteiger partial charge in [0.05, 0.1) is 11.5 Å². The Morgan fingerprint density at radius 1 is 1.50 bits per heavy atom. The number of halogens is 1. The van der Waals surface area contributed by atoms with E-state index in [2.05, 4.69) is 5.32 Å². The molecule has 0 radical (unpaired) electrons. The van der Waals surface area contributed by atoms with E-state index in [0.717, 1.165) is 0 Å². The van der Waals surface area contributed by atoms with Crippen LogP contribution < -0.4 is 11.1 Å². The van der Waals surface area contributed by atoms with Gasteiger partial charge in [-0.2, -0.15) is 0 Å². The monoisotopic (exact) mass is 254 g/mol. The molecule has 0 saturated heterocycles. The topological polar surface area (TPSA) is 75.3 Å². The fourth-order valence-electron chi connectivity index (χ4n) is 1.46. The number of primary amides is 1. The molecule has 0 fully saturated rings. The molecule has 4 N–H and O–H groups in total. The average Bonchev–Trinajstić information content (AvgIpc) is 2.29. The van der Waals surface area contributed by atoms with Crippen molar-refractivity contribution in [1.29, 1.82) is 0 Å². The number of carbonyl (C=O) groups excluding carboxylic acids is 1. The van der Waals surface area contributed by atoms with Crippen LogP contribution in [0, 0.1) is 11.2 Å².